The molecule has 0 aliphatic heterocycles. The molecule has 5 aromatic rings. The minimum atomic E-state index is -0.0151. The van der Waals surface area contributed by atoms with E-state index in [4.69, 9.17) is 0 Å². The molecule has 5 rings (SSSR count). The highest BCUT2D eigenvalue weighted by Gasteiger charge is 2.15. The Bertz CT molecular complexity index is 1620. The first-order valence-corrected chi connectivity index (χ1v) is 11.9. The third-order valence-electron chi connectivity index (χ3n) is 6.55. The highest BCUT2D eigenvalue weighted by atomic mass is 16.1. The van der Waals surface area contributed by atoms with Crippen LogP contribution in [0.2, 0.25) is 0 Å². The van der Waals surface area contributed by atoms with Crippen LogP contribution in [0, 0.1) is 0 Å². The summed E-state index contributed by atoms with van der Waals surface area (Å²) in [5, 5.41) is 2.59. The number of aromatic amines is 2. The summed E-state index contributed by atoms with van der Waals surface area (Å²) in [6, 6.07) is 15.5. The topological polar surface area (TPSA) is 69.0 Å². The molecule has 0 fully saturated rings. The van der Waals surface area contributed by atoms with Crippen molar-refractivity contribution in [2.75, 3.05) is 18.0 Å². The van der Waals surface area contributed by atoms with Gasteiger partial charge < -0.3 is 14.9 Å². The van der Waals surface area contributed by atoms with Gasteiger partial charge in [0.25, 0.3) is 0 Å². The fourth-order valence-corrected chi connectivity index (χ4v) is 5.03. The molecule has 5 heteroatoms. The first kappa shape index (κ1) is 21.3. The Morgan fingerprint density at radius 1 is 0.727 bits per heavy atom. The minimum absolute atomic E-state index is 0.00548. The van der Waals surface area contributed by atoms with Gasteiger partial charge in [0.2, 0.25) is 0 Å². The number of anilines is 1. The predicted molar refractivity (Wildman–Crippen MR) is 140 cm³/mol. The highest BCUT2D eigenvalue weighted by molar-refractivity contribution is 6.05. The van der Waals surface area contributed by atoms with Crippen LogP contribution in [0.25, 0.3) is 43.6 Å². The van der Waals surface area contributed by atoms with E-state index >= 15 is 0 Å². The molecule has 0 saturated heterocycles. The summed E-state index contributed by atoms with van der Waals surface area (Å²) in [5.74, 6) is 0. The fraction of sp³-hybridized carbons (Fsp3) is 0.286. The van der Waals surface area contributed by atoms with Crippen LogP contribution in [0.15, 0.2) is 58.1 Å². The van der Waals surface area contributed by atoms with Gasteiger partial charge in [-0.05, 0) is 55.2 Å². The van der Waals surface area contributed by atoms with Gasteiger partial charge in [-0.3, -0.25) is 9.59 Å². The fourth-order valence-electron chi connectivity index (χ4n) is 5.03. The largest absolute Gasteiger partial charge is 0.370 e. The van der Waals surface area contributed by atoms with E-state index in [9.17, 15) is 9.59 Å². The molecule has 2 N–H and O–H groups in total. The second kappa shape index (κ2) is 8.39. The summed E-state index contributed by atoms with van der Waals surface area (Å²) in [5.41, 5.74) is 5.08. The van der Waals surface area contributed by atoms with E-state index < -0.39 is 0 Å². The number of aromatic nitrogens is 2. The summed E-state index contributed by atoms with van der Waals surface area (Å²) in [6.45, 7) is 8.24. The molecule has 0 amide bonds. The Kier molecular flexibility index (Phi) is 5.41. The van der Waals surface area contributed by atoms with Crippen molar-refractivity contribution in [1.82, 2.24) is 9.97 Å². The zero-order valence-corrected chi connectivity index (χ0v) is 19.4. The summed E-state index contributed by atoms with van der Waals surface area (Å²) in [4.78, 5) is 36.3. The molecule has 0 spiro atoms. The molecule has 33 heavy (non-hydrogen) atoms. The van der Waals surface area contributed by atoms with E-state index in [1.54, 1.807) is 0 Å². The Hall–Kier alpha value is -3.60. The maximum atomic E-state index is 13.5. The second-order valence-electron chi connectivity index (χ2n) is 8.73. The Morgan fingerprint density at radius 3 is 2.09 bits per heavy atom. The molecule has 2 aromatic heterocycles. The first-order valence-electron chi connectivity index (χ1n) is 11.9. The lowest BCUT2D eigenvalue weighted by Gasteiger charge is -2.25. The smallest absolute Gasteiger partial charge is 0.197 e. The Balaban J connectivity index is 1.86. The van der Waals surface area contributed by atoms with Crippen molar-refractivity contribution in [1.29, 1.82) is 0 Å². The molecular weight excluding hydrogens is 410 g/mol. The number of hydrogen-bond donors (Lipinski definition) is 2. The van der Waals surface area contributed by atoms with E-state index in [2.05, 4.69) is 41.7 Å². The van der Waals surface area contributed by atoms with E-state index in [-0.39, 0.29) is 10.9 Å². The number of pyridine rings is 2. The van der Waals surface area contributed by atoms with Crippen LogP contribution < -0.4 is 15.8 Å². The monoisotopic (exact) mass is 439 g/mol. The average molecular weight is 440 g/mol. The average Bonchev–Trinajstić information content (AvgIpc) is 2.83. The molecular formula is C28H29N3O2. The van der Waals surface area contributed by atoms with Gasteiger partial charge in [-0.1, -0.05) is 39.0 Å². The summed E-state index contributed by atoms with van der Waals surface area (Å²) in [6.07, 6.45) is 2.84. The number of hydrogen-bond acceptors (Lipinski definition) is 3. The normalized spacial score (nSPS) is 11.7. The molecule has 0 aliphatic rings. The van der Waals surface area contributed by atoms with Crippen LogP contribution in [0.5, 0.6) is 0 Å². The van der Waals surface area contributed by atoms with Crippen LogP contribution in [0.1, 0.15) is 39.2 Å². The Morgan fingerprint density at radius 2 is 1.39 bits per heavy atom. The standard InChI is InChI=1S/C28H29N3O2/c1-4-13-31(14-5-2)24-12-8-10-18-26(24)30-23-16-20-22(15-19(23)27(18)32)29-21-11-7-9-17(6-3)25(21)28(20)33/h7-12,15-16H,4-6,13-14H2,1-3H3,(H,29,33)(H,30,32). The molecule has 0 radical (unpaired) electrons. The van der Waals surface area contributed by atoms with Gasteiger partial charge in [0, 0.05) is 34.6 Å². The molecule has 0 bridgehead atoms. The van der Waals surface area contributed by atoms with Gasteiger partial charge in [0.05, 0.1) is 27.8 Å². The predicted octanol–water partition coefficient (Wildman–Crippen LogP) is 5.86. The zero-order valence-electron chi connectivity index (χ0n) is 19.4. The zero-order chi connectivity index (χ0) is 23.1. The van der Waals surface area contributed by atoms with Crippen LogP contribution in [0.4, 0.5) is 5.69 Å². The van der Waals surface area contributed by atoms with Gasteiger partial charge in [0.15, 0.2) is 10.9 Å². The van der Waals surface area contributed by atoms with Crippen LogP contribution in [-0.2, 0) is 6.42 Å². The number of aryl methyl sites for hydroxylation is 1. The first-order chi connectivity index (χ1) is 16.1. The van der Waals surface area contributed by atoms with E-state index in [0.717, 1.165) is 60.0 Å². The number of fused-ring (bicyclic) bond motifs is 4. The minimum Gasteiger partial charge on any atom is -0.370 e. The van der Waals surface area contributed by atoms with Gasteiger partial charge >= 0.3 is 0 Å². The number of rotatable bonds is 6. The number of para-hydroxylation sites is 1. The van der Waals surface area contributed by atoms with Crippen molar-refractivity contribution in [2.24, 2.45) is 0 Å². The molecule has 5 nitrogen and oxygen atoms in total. The quantitative estimate of drug-likeness (QED) is 0.325. The maximum absolute atomic E-state index is 13.5. The second-order valence-corrected chi connectivity index (χ2v) is 8.73. The van der Waals surface area contributed by atoms with E-state index in [1.807, 2.05) is 42.5 Å². The summed E-state index contributed by atoms with van der Waals surface area (Å²) < 4.78 is 0. The molecule has 0 atom stereocenters. The summed E-state index contributed by atoms with van der Waals surface area (Å²) in [7, 11) is 0. The Labute approximate surface area is 192 Å². The molecule has 0 saturated carbocycles. The van der Waals surface area contributed by atoms with Crippen molar-refractivity contribution >= 4 is 49.3 Å². The molecule has 3 aromatic carbocycles. The third kappa shape index (κ3) is 3.39. The number of nitrogens with one attached hydrogen (secondary N) is 2. The van der Waals surface area contributed by atoms with Gasteiger partial charge in [0.1, 0.15) is 0 Å². The summed E-state index contributed by atoms with van der Waals surface area (Å²) >= 11 is 0. The van der Waals surface area contributed by atoms with Crippen molar-refractivity contribution in [3.63, 3.8) is 0 Å². The van der Waals surface area contributed by atoms with E-state index in [1.165, 1.54) is 0 Å². The number of benzene rings is 3. The van der Waals surface area contributed by atoms with Crippen molar-refractivity contribution in [2.45, 2.75) is 40.0 Å². The number of H-pyrrole nitrogens is 2. The lowest BCUT2D eigenvalue weighted by molar-refractivity contribution is 0.747. The van der Waals surface area contributed by atoms with Crippen molar-refractivity contribution in [3.05, 3.63) is 74.5 Å². The lowest BCUT2D eigenvalue weighted by Crippen LogP contribution is -2.25. The highest BCUT2D eigenvalue weighted by Crippen LogP contribution is 2.28. The molecule has 0 aliphatic carbocycles. The van der Waals surface area contributed by atoms with Crippen molar-refractivity contribution < 1.29 is 0 Å². The van der Waals surface area contributed by atoms with Crippen LogP contribution in [0.3, 0.4) is 0 Å². The SMILES string of the molecule is CCCN(CCC)c1cccc2c(=O)c3cc4[nH]c5cccc(CC)c5c(=O)c4cc3[nH]c12. The molecule has 0 unspecified atom stereocenters. The lowest BCUT2D eigenvalue weighted by atomic mass is 10.0. The van der Waals surface area contributed by atoms with Gasteiger partial charge in [-0.25, -0.2) is 0 Å². The number of nitrogens with zero attached hydrogens (tertiary/aromatic N) is 1. The van der Waals surface area contributed by atoms with Crippen molar-refractivity contribution in [3.8, 4) is 0 Å². The van der Waals surface area contributed by atoms with E-state index in [0.29, 0.717) is 27.2 Å². The maximum Gasteiger partial charge on any atom is 0.197 e. The third-order valence-corrected chi connectivity index (χ3v) is 6.55. The van der Waals surface area contributed by atoms with Crippen LogP contribution in [-0.4, -0.2) is 23.1 Å². The van der Waals surface area contributed by atoms with Crippen LogP contribution >= 0.6 is 0 Å². The van der Waals surface area contributed by atoms with Gasteiger partial charge in [-0.2, -0.15) is 0 Å². The molecule has 168 valence electrons. The van der Waals surface area contributed by atoms with Gasteiger partial charge in [-0.15, -0.1) is 0 Å². The molecule has 2 heterocycles.